The van der Waals surface area contributed by atoms with E-state index in [2.05, 4.69) is 87.8 Å². The monoisotopic (exact) mass is 408 g/mol. The summed E-state index contributed by atoms with van der Waals surface area (Å²) in [5.41, 5.74) is 2.88. The normalized spacial score (nSPS) is 22.8. The van der Waals surface area contributed by atoms with Gasteiger partial charge in [0.05, 0.1) is 12.1 Å². The van der Waals surface area contributed by atoms with Gasteiger partial charge in [0.2, 0.25) is 5.90 Å². The number of aryl methyl sites for hydroxylation is 2. The Morgan fingerprint density at radius 2 is 1.55 bits per heavy atom. The Morgan fingerprint density at radius 3 is 2.07 bits per heavy atom. The van der Waals surface area contributed by atoms with E-state index in [1.165, 1.54) is 28.2 Å². The maximum atomic E-state index is 6.21. The first kappa shape index (κ1) is 20.6. The fourth-order valence-corrected chi connectivity index (χ4v) is 7.19. The van der Waals surface area contributed by atoms with E-state index < -0.39 is 8.07 Å². The van der Waals surface area contributed by atoms with Gasteiger partial charge in [-0.3, -0.25) is 4.67 Å². The molecule has 0 saturated carbocycles. The summed E-state index contributed by atoms with van der Waals surface area (Å²) in [5.74, 6) is 0.970. The summed E-state index contributed by atoms with van der Waals surface area (Å²) in [6, 6.07) is 18.3. The van der Waals surface area contributed by atoms with E-state index >= 15 is 0 Å². The molecule has 0 spiro atoms. The van der Waals surface area contributed by atoms with E-state index in [0.29, 0.717) is 0 Å². The molecular formula is C25H33N2OP. The summed E-state index contributed by atoms with van der Waals surface area (Å²) in [7, 11) is -0.619. The summed E-state index contributed by atoms with van der Waals surface area (Å²) < 4.78 is 8.91. The van der Waals surface area contributed by atoms with Crippen molar-refractivity contribution in [3.63, 3.8) is 0 Å². The molecule has 2 aromatic rings. The smallest absolute Gasteiger partial charge is 0.201 e. The summed E-state index contributed by atoms with van der Waals surface area (Å²) in [5, 5.41) is 2.91. The molecule has 0 aliphatic carbocycles. The molecule has 0 aromatic heterocycles. The van der Waals surface area contributed by atoms with Gasteiger partial charge in [-0.15, -0.1) is 0 Å². The Labute approximate surface area is 177 Å². The van der Waals surface area contributed by atoms with Crippen molar-refractivity contribution in [2.24, 2.45) is 10.4 Å². The van der Waals surface area contributed by atoms with Gasteiger partial charge in [0.25, 0.3) is 0 Å². The molecule has 2 aliphatic heterocycles. The van der Waals surface area contributed by atoms with Crippen molar-refractivity contribution < 1.29 is 4.74 Å². The van der Waals surface area contributed by atoms with Crippen molar-refractivity contribution in [3.8, 4) is 0 Å². The highest BCUT2D eigenvalue weighted by Crippen LogP contribution is 2.46. The van der Waals surface area contributed by atoms with Crippen LogP contribution in [0, 0.1) is 19.3 Å². The van der Waals surface area contributed by atoms with Crippen molar-refractivity contribution in [1.82, 2.24) is 4.67 Å². The van der Waals surface area contributed by atoms with Crippen LogP contribution in [0.1, 0.15) is 44.7 Å². The van der Waals surface area contributed by atoms with Crippen LogP contribution in [0.25, 0.3) is 0 Å². The molecule has 0 unspecified atom stereocenters. The molecule has 1 fully saturated rings. The zero-order valence-electron chi connectivity index (χ0n) is 18.4. The van der Waals surface area contributed by atoms with Gasteiger partial charge in [0.1, 0.15) is 6.61 Å². The van der Waals surface area contributed by atoms with E-state index in [4.69, 9.17) is 9.73 Å². The standard InChI is InChI=1S/C25H33N2OP/c1-18-11-6-8-14-21(18)29(22-15-9-7-12-19(22)2)27-16-10-13-20(27)24-26-23(17-28-24)25(3,4)5/h6-9,11-12,14-15,20,23H,10,13,16-17H2,1-5H3/t20-,23-/m0/s1. The topological polar surface area (TPSA) is 24.8 Å². The average molecular weight is 409 g/mol. The first-order valence-electron chi connectivity index (χ1n) is 10.7. The lowest BCUT2D eigenvalue weighted by molar-refractivity contribution is 0.227. The van der Waals surface area contributed by atoms with Crippen LogP contribution < -0.4 is 10.6 Å². The molecule has 2 aromatic carbocycles. The maximum Gasteiger partial charge on any atom is 0.201 e. The molecule has 4 rings (SSSR count). The minimum Gasteiger partial charge on any atom is -0.478 e. The lowest BCUT2D eigenvalue weighted by Crippen LogP contribution is -2.38. The quantitative estimate of drug-likeness (QED) is 0.668. The molecule has 3 nitrogen and oxygen atoms in total. The highest BCUT2D eigenvalue weighted by atomic mass is 31.1. The second-order valence-corrected chi connectivity index (χ2v) is 11.5. The van der Waals surface area contributed by atoms with Gasteiger partial charge < -0.3 is 4.74 Å². The summed E-state index contributed by atoms with van der Waals surface area (Å²) >= 11 is 0. The Balaban J connectivity index is 1.75. The van der Waals surface area contributed by atoms with Crippen LogP contribution in [0.15, 0.2) is 53.5 Å². The van der Waals surface area contributed by atoms with E-state index in [0.717, 1.165) is 25.5 Å². The Morgan fingerprint density at radius 1 is 0.966 bits per heavy atom. The number of hydrogen-bond acceptors (Lipinski definition) is 3. The van der Waals surface area contributed by atoms with Gasteiger partial charge in [0, 0.05) is 14.6 Å². The predicted molar refractivity (Wildman–Crippen MR) is 125 cm³/mol. The van der Waals surface area contributed by atoms with Crippen LogP contribution >= 0.6 is 8.07 Å². The zero-order valence-corrected chi connectivity index (χ0v) is 19.2. The first-order chi connectivity index (χ1) is 13.9. The molecule has 2 atom stereocenters. The van der Waals surface area contributed by atoms with Gasteiger partial charge in [-0.2, -0.15) is 0 Å². The van der Waals surface area contributed by atoms with Crippen molar-refractivity contribution >= 4 is 24.6 Å². The summed E-state index contributed by atoms with van der Waals surface area (Å²) in [6.07, 6.45) is 2.33. The Bertz CT molecular complexity index is 856. The number of rotatable bonds is 4. The SMILES string of the molecule is Cc1ccccc1P(c1ccccc1C)N1CCC[C@H]1C1=N[C@H](C(C)(C)C)CO1. The van der Waals surface area contributed by atoms with E-state index in [-0.39, 0.29) is 17.5 Å². The number of benzene rings is 2. The van der Waals surface area contributed by atoms with Gasteiger partial charge in [-0.25, -0.2) is 4.99 Å². The molecule has 0 amide bonds. The van der Waals surface area contributed by atoms with Gasteiger partial charge in [-0.1, -0.05) is 69.3 Å². The second kappa shape index (κ2) is 8.20. The Kier molecular flexibility index (Phi) is 5.82. The number of hydrogen-bond donors (Lipinski definition) is 0. The number of nitrogens with zero attached hydrogens (tertiary/aromatic N) is 2. The van der Waals surface area contributed by atoms with Crippen LogP contribution in [0.5, 0.6) is 0 Å². The van der Waals surface area contributed by atoms with Crippen LogP contribution in [-0.4, -0.2) is 35.8 Å². The fraction of sp³-hybridized carbons (Fsp3) is 0.480. The van der Waals surface area contributed by atoms with Crippen LogP contribution in [0.4, 0.5) is 0 Å². The molecule has 4 heteroatoms. The third-order valence-electron chi connectivity index (χ3n) is 6.13. The van der Waals surface area contributed by atoms with E-state index in [1.54, 1.807) is 0 Å². The summed E-state index contributed by atoms with van der Waals surface area (Å²) in [4.78, 5) is 5.07. The van der Waals surface area contributed by atoms with Crippen LogP contribution in [-0.2, 0) is 4.74 Å². The fourth-order valence-electron chi connectivity index (χ4n) is 4.27. The molecule has 0 radical (unpaired) electrons. The summed E-state index contributed by atoms with van der Waals surface area (Å²) in [6.45, 7) is 13.1. The van der Waals surface area contributed by atoms with E-state index in [1.807, 2.05) is 0 Å². The van der Waals surface area contributed by atoms with Crippen molar-refractivity contribution in [2.75, 3.05) is 13.2 Å². The predicted octanol–water partition coefficient (Wildman–Crippen LogP) is 4.96. The minimum atomic E-state index is -0.619. The highest BCUT2D eigenvalue weighted by molar-refractivity contribution is 7.71. The molecule has 1 saturated heterocycles. The van der Waals surface area contributed by atoms with Gasteiger partial charge >= 0.3 is 0 Å². The van der Waals surface area contributed by atoms with Crippen molar-refractivity contribution in [3.05, 3.63) is 59.7 Å². The minimum absolute atomic E-state index is 0.141. The van der Waals surface area contributed by atoms with Gasteiger partial charge in [-0.05, 0) is 53.8 Å². The molecule has 29 heavy (non-hydrogen) atoms. The van der Waals surface area contributed by atoms with Crippen molar-refractivity contribution in [1.29, 1.82) is 0 Å². The van der Waals surface area contributed by atoms with Crippen molar-refractivity contribution in [2.45, 2.75) is 59.5 Å². The molecule has 2 aliphatic rings. The lowest BCUT2D eigenvalue weighted by Gasteiger charge is -2.34. The zero-order chi connectivity index (χ0) is 20.6. The maximum absolute atomic E-state index is 6.21. The molecular weight excluding hydrogens is 375 g/mol. The molecule has 0 N–H and O–H groups in total. The molecule has 0 bridgehead atoms. The average Bonchev–Trinajstić information content (AvgIpc) is 3.34. The van der Waals surface area contributed by atoms with E-state index in [9.17, 15) is 0 Å². The third kappa shape index (κ3) is 4.13. The molecule has 2 heterocycles. The largest absolute Gasteiger partial charge is 0.478 e. The first-order valence-corrected chi connectivity index (χ1v) is 12.0. The number of aliphatic imine (C=N–C) groups is 1. The van der Waals surface area contributed by atoms with Crippen LogP contribution in [0.2, 0.25) is 0 Å². The highest BCUT2D eigenvalue weighted by Gasteiger charge is 2.41. The Hall–Kier alpha value is -1.70. The lowest BCUT2D eigenvalue weighted by atomic mass is 9.88. The second-order valence-electron chi connectivity index (χ2n) is 9.37. The number of ether oxygens (including phenoxy) is 1. The van der Waals surface area contributed by atoms with Gasteiger partial charge in [0.15, 0.2) is 0 Å². The third-order valence-corrected chi connectivity index (χ3v) is 9.03. The molecule has 154 valence electrons. The van der Waals surface area contributed by atoms with Crippen LogP contribution in [0.3, 0.4) is 0 Å².